The lowest BCUT2D eigenvalue weighted by molar-refractivity contribution is 0.0496. The first-order valence-electron chi connectivity index (χ1n) is 24.8. The smallest absolute Gasteiger partial charge is 0.416 e. The summed E-state index contributed by atoms with van der Waals surface area (Å²) >= 11 is 0. The number of anilines is 2. The number of carbonyl (C=O) groups excluding carboxylic acids is 4. The van der Waals surface area contributed by atoms with Gasteiger partial charge in [0.15, 0.2) is 29.2 Å². The minimum Gasteiger partial charge on any atom is -0.493 e. The molecule has 0 aromatic heterocycles. The molecule has 4 amide bonds. The number of fused-ring (bicyclic) bond motifs is 4. The first-order chi connectivity index (χ1) is 34.8. The van der Waals surface area contributed by atoms with E-state index in [1.165, 1.54) is 31.3 Å². The summed E-state index contributed by atoms with van der Waals surface area (Å²) in [6, 6.07) is 13.6. The highest BCUT2D eigenvalue weighted by Gasteiger charge is 2.58. The van der Waals surface area contributed by atoms with Crippen LogP contribution in [0.25, 0.3) is 5.57 Å². The molecule has 1 unspecified atom stereocenters. The molecule has 3 aromatic rings. The van der Waals surface area contributed by atoms with Crippen LogP contribution in [-0.4, -0.2) is 142 Å². The van der Waals surface area contributed by atoms with Crippen LogP contribution in [0.2, 0.25) is 0 Å². The molecule has 3 aromatic carbocycles. The number of alkyl halides is 2. The predicted octanol–water partition coefficient (Wildman–Crippen LogP) is 8.63. The molecule has 1 spiro atoms. The van der Waals surface area contributed by atoms with E-state index < -0.39 is 36.9 Å². The molecule has 16 nitrogen and oxygen atoms in total. The molecule has 2 saturated heterocycles. The van der Waals surface area contributed by atoms with E-state index in [-0.39, 0.29) is 85.2 Å². The topological polar surface area (TPSA) is 160 Å². The van der Waals surface area contributed by atoms with Gasteiger partial charge in [0.05, 0.1) is 75.1 Å². The van der Waals surface area contributed by atoms with Crippen LogP contribution in [0.1, 0.15) is 95.5 Å². The Morgan fingerprint density at radius 2 is 1.43 bits per heavy atom. The summed E-state index contributed by atoms with van der Waals surface area (Å²) < 4.78 is 60.7. The minimum absolute atomic E-state index is 0.0256. The van der Waals surface area contributed by atoms with Gasteiger partial charge in [0.25, 0.3) is 18.2 Å². The number of piperidine rings is 1. The van der Waals surface area contributed by atoms with Gasteiger partial charge in [0.1, 0.15) is 13.2 Å². The molecule has 0 bridgehead atoms. The standard InChI is InChI=1S/C54H63F2N5O11/c1-5-20-71-52(65)59-31-38-24-37(35-12-10-34(11-13-35)36-14-18-57(19-15-36)32-48(55)56)30-58(38)49(62)39-25-44(67-3)46(27-41(39)59)69-22-8-7-9-23-70-47-28-42-40(26-45(47)68-4)50(63)60-33-54(16-17-54)29-43(60)51(64)61(42)53(66)72-21-6-2/h5-6,10-13,25-28,30,36,38,43,48,51,64H,1-2,7-9,14-24,29,31-33H2,3-4H3/t38-,43-,51?/m0/s1. The van der Waals surface area contributed by atoms with Gasteiger partial charge in [-0.25, -0.2) is 23.3 Å². The number of rotatable bonds is 18. The number of halogens is 2. The van der Waals surface area contributed by atoms with Crippen LogP contribution in [0.3, 0.4) is 0 Å². The number of methoxy groups -OCH3 is 2. The number of aliphatic hydroxyl groups is 1. The molecule has 0 radical (unpaired) electrons. The van der Waals surface area contributed by atoms with Gasteiger partial charge in [-0.1, -0.05) is 49.6 Å². The predicted molar refractivity (Wildman–Crippen MR) is 264 cm³/mol. The minimum atomic E-state index is -2.34. The number of amides is 4. The zero-order chi connectivity index (χ0) is 50.7. The van der Waals surface area contributed by atoms with Gasteiger partial charge in [-0.2, -0.15) is 0 Å². The average molecular weight is 996 g/mol. The van der Waals surface area contributed by atoms with Gasteiger partial charge in [0, 0.05) is 24.9 Å². The summed E-state index contributed by atoms with van der Waals surface area (Å²) in [5.74, 6) is 0.938. The molecule has 6 aliphatic rings. The van der Waals surface area contributed by atoms with Gasteiger partial charge in [0.2, 0.25) is 0 Å². The van der Waals surface area contributed by atoms with E-state index in [2.05, 4.69) is 25.3 Å². The highest BCUT2D eigenvalue weighted by molar-refractivity contribution is 6.07. The molecular weight excluding hydrogens is 933 g/mol. The van der Waals surface area contributed by atoms with E-state index in [0.717, 1.165) is 47.3 Å². The van der Waals surface area contributed by atoms with Crippen molar-refractivity contribution >= 4 is 40.9 Å². The summed E-state index contributed by atoms with van der Waals surface area (Å²) in [6.07, 6.45) is 6.14. The van der Waals surface area contributed by atoms with Crippen molar-refractivity contribution in [2.45, 2.75) is 88.4 Å². The van der Waals surface area contributed by atoms with Crippen LogP contribution in [0, 0.1) is 5.41 Å². The molecule has 1 aliphatic carbocycles. The van der Waals surface area contributed by atoms with Gasteiger partial charge in [-0.15, -0.1) is 0 Å². The summed E-state index contributed by atoms with van der Waals surface area (Å²) in [5.41, 5.74) is 3.97. The molecule has 18 heteroatoms. The Balaban J connectivity index is 0.848. The molecule has 9 rings (SSSR count). The summed E-state index contributed by atoms with van der Waals surface area (Å²) in [4.78, 5) is 63.5. The van der Waals surface area contributed by atoms with Crippen molar-refractivity contribution in [1.82, 2.24) is 14.7 Å². The molecule has 384 valence electrons. The van der Waals surface area contributed by atoms with Gasteiger partial charge >= 0.3 is 12.2 Å². The zero-order valence-corrected chi connectivity index (χ0v) is 40.9. The lowest BCUT2D eigenvalue weighted by Crippen LogP contribution is -2.50. The normalized spacial score (nSPS) is 21.2. The fraction of sp³-hybridized carbons (Fsp3) is 0.481. The lowest BCUT2D eigenvalue weighted by atomic mass is 9.88. The summed E-state index contributed by atoms with van der Waals surface area (Å²) in [7, 11) is 2.96. The van der Waals surface area contributed by atoms with Crippen LogP contribution in [0.15, 0.2) is 80.0 Å². The van der Waals surface area contributed by atoms with Crippen molar-refractivity contribution in [2.75, 3.05) is 83.2 Å². The number of nitrogens with zero attached hydrogens (tertiary/aromatic N) is 5. The Morgan fingerprint density at radius 3 is 2.03 bits per heavy atom. The maximum Gasteiger partial charge on any atom is 0.416 e. The number of aliphatic hydroxyl groups excluding tert-OH is 1. The number of benzene rings is 3. The quantitative estimate of drug-likeness (QED) is 0.0957. The van der Waals surface area contributed by atoms with Crippen molar-refractivity contribution in [1.29, 1.82) is 0 Å². The van der Waals surface area contributed by atoms with E-state index >= 15 is 0 Å². The maximum atomic E-state index is 14.4. The highest BCUT2D eigenvalue weighted by Crippen LogP contribution is 2.57. The summed E-state index contributed by atoms with van der Waals surface area (Å²) in [5, 5.41) is 11.7. The number of hydrogen-bond acceptors (Lipinski definition) is 12. The second-order valence-electron chi connectivity index (χ2n) is 19.4. The van der Waals surface area contributed by atoms with Crippen molar-refractivity contribution in [3.63, 3.8) is 0 Å². The maximum absolute atomic E-state index is 14.4. The Hall–Kier alpha value is -6.66. The van der Waals surface area contributed by atoms with E-state index in [0.29, 0.717) is 74.7 Å². The zero-order valence-electron chi connectivity index (χ0n) is 40.9. The Kier molecular flexibility index (Phi) is 15.1. The van der Waals surface area contributed by atoms with Crippen molar-refractivity contribution in [2.24, 2.45) is 5.41 Å². The second-order valence-corrected chi connectivity index (χ2v) is 19.4. The van der Waals surface area contributed by atoms with E-state index in [1.54, 1.807) is 34.1 Å². The molecule has 3 fully saturated rings. The number of likely N-dealkylation sites (tertiary alicyclic amines) is 1. The molecule has 5 heterocycles. The van der Waals surface area contributed by atoms with Crippen molar-refractivity contribution < 1.29 is 61.5 Å². The van der Waals surface area contributed by atoms with E-state index in [4.69, 9.17) is 28.4 Å². The van der Waals surface area contributed by atoms with Crippen LogP contribution in [0.4, 0.5) is 29.7 Å². The van der Waals surface area contributed by atoms with Crippen molar-refractivity contribution in [3.8, 4) is 23.0 Å². The second kappa shape index (κ2) is 21.6. The van der Waals surface area contributed by atoms with Crippen LogP contribution < -0.4 is 28.7 Å². The largest absolute Gasteiger partial charge is 0.493 e. The monoisotopic (exact) mass is 995 g/mol. The lowest BCUT2D eigenvalue weighted by Gasteiger charge is -2.31. The Morgan fingerprint density at radius 1 is 0.819 bits per heavy atom. The third-order valence-electron chi connectivity index (χ3n) is 14.8. The number of carbonyl (C=O) groups is 4. The van der Waals surface area contributed by atoms with Crippen LogP contribution in [0.5, 0.6) is 23.0 Å². The Labute approximate surface area is 418 Å². The molecule has 5 aliphatic heterocycles. The van der Waals surface area contributed by atoms with E-state index in [1.807, 2.05) is 23.2 Å². The number of ether oxygens (including phenoxy) is 6. The Bertz CT molecular complexity index is 2580. The van der Waals surface area contributed by atoms with Gasteiger partial charge in [-0.05, 0) is 111 Å². The van der Waals surface area contributed by atoms with Crippen LogP contribution in [-0.2, 0) is 9.47 Å². The van der Waals surface area contributed by atoms with Crippen LogP contribution >= 0.6 is 0 Å². The van der Waals surface area contributed by atoms with Gasteiger partial charge < -0.3 is 43.3 Å². The van der Waals surface area contributed by atoms with E-state index in [9.17, 15) is 33.1 Å². The average Bonchev–Trinajstić information content (AvgIpc) is 3.89. The molecule has 72 heavy (non-hydrogen) atoms. The first kappa shape index (κ1) is 50.3. The number of hydrogen-bond donors (Lipinski definition) is 1. The SMILES string of the molecule is C=CCOC(=O)N1C[C@@H]2CC(c3ccc(C4CCN(CC(F)F)CC4)cc3)=CN2C(=O)c2cc(OC)c(OCCCCCOc3cc4c(cc3OC)C(=O)N3CC5(CC5)C[C@H]3C(O)N4C(=O)OCC=C)cc21. The summed E-state index contributed by atoms with van der Waals surface area (Å²) in [6.45, 7) is 9.47. The third kappa shape index (κ3) is 10.3. The van der Waals surface area contributed by atoms with Gasteiger partial charge in [-0.3, -0.25) is 19.4 Å². The highest BCUT2D eigenvalue weighted by atomic mass is 19.3. The molecule has 1 N–H and O–H groups in total. The number of unbranched alkanes of at least 4 members (excludes halogenated alkanes) is 2. The fourth-order valence-electron chi connectivity index (χ4n) is 10.8. The fourth-order valence-corrected chi connectivity index (χ4v) is 10.8. The molecular formula is C54H63F2N5O11. The van der Waals surface area contributed by atoms with Crippen molar-refractivity contribution in [3.05, 3.63) is 102 Å². The first-order valence-corrected chi connectivity index (χ1v) is 24.8. The third-order valence-corrected chi connectivity index (χ3v) is 14.8. The molecule has 1 saturated carbocycles. The molecule has 3 atom stereocenters.